The van der Waals surface area contributed by atoms with Crippen molar-refractivity contribution in [3.63, 3.8) is 0 Å². The lowest BCUT2D eigenvalue weighted by atomic mass is 10.1. The molecular weight excluding hydrogens is 338 g/mol. The molecule has 0 aromatic heterocycles. The lowest BCUT2D eigenvalue weighted by molar-refractivity contribution is -0.131. The number of hydrogen-bond acceptors (Lipinski definition) is 6. The van der Waals surface area contributed by atoms with Gasteiger partial charge in [-0.15, -0.1) is 0 Å². The number of thioether (sulfide) groups is 1. The Morgan fingerprint density at radius 2 is 2.26 bits per heavy atom. The van der Waals surface area contributed by atoms with Crippen LogP contribution in [-0.2, 0) is 4.79 Å². The van der Waals surface area contributed by atoms with Gasteiger partial charge in [-0.1, -0.05) is 11.6 Å². The van der Waals surface area contributed by atoms with Crippen molar-refractivity contribution < 1.29 is 14.6 Å². The van der Waals surface area contributed by atoms with E-state index in [1.54, 1.807) is 6.07 Å². The first kappa shape index (κ1) is 14.7. The van der Waals surface area contributed by atoms with Crippen LogP contribution in [0, 0.1) is 0 Å². The average molecular weight is 352 g/mol. The minimum absolute atomic E-state index is 0.268. The van der Waals surface area contributed by atoms with Crippen LogP contribution in [0.15, 0.2) is 22.0 Å². The van der Waals surface area contributed by atoms with Crippen molar-refractivity contribution in [1.82, 2.24) is 4.90 Å². The number of anilines is 1. The van der Waals surface area contributed by atoms with E-state index in [9.17, 15) is 9.90 Å². The Kier molecular flexibility index (Phi) is 3.42. The molecule has 1 N–H and O–H groups in total. The Hall–Kier alpha value is -1.86. The van der Waals surface area contributed by atoms with Crippen molar-refractivity contribution >= 4 is 45.9 Å². The molecule has 1 aromatic rings. The van der Waals surface area contributed by atoms with E-state index in [0.29, 0.717) is 36.2 Å². The molecule has 0 amide bonds. The lowest BCUT2D eigenvalue weighted by Gasteiger charge is -2.30. The first-order chi connectivity index (χ1) is 11.1. The second-order valence-corrected chi connectivity index (χ2v) is 6.89. The molecule has 3 aliphatic rings. The summed E-state index contributed by atoms with van der Waals surface area (Å²) >= 11 is 7.48. The summed E-state index contributed by atoms with van der Waals surface area (Å²) in [4.78, 5) is 20.3. The molecule has 0 spiro atoms. The van der Waals surface area contributed by atoms with Gasteiger partial charge >= 0.3 is 5.97 Å². The molecule has 3 heterocycles. The molecule has 0 fully saturated rings. The van der Waals surface area contributed by atoms with E-state index < -0.39 is 5.97 Å². The van der Waals surface area contributed by atoms with Gasteiger partial charge in [-0.2, -0.15) is 0 Å². The second-order valence-electron chi connectivity index (χ2n) is 5.47. The molecule has 3 aliphatic heterocycles. The maximum atomic E-state index is 11.7. The molecule has 0 unspecified atom stereocenters. The van der Waals surface area contributed by atoms with Crippen LogP contribution in [0.3, 0.4) is 0 Å². The summed E-state index contributed by atoms with van der Waals surface area (Å²) in [6.07, 6.45) is 0. The predicted molar refractivity (Wildman–Crippen MR) is 91.4 cm³/mol. The first-order valence-electron chi connectivity index (χ1n) is 7.21. The van der Waals surface area contributed by atoms with Gasteiger partial charge in [0.25, 0.3) is 0 Å². The molecule has 0 saturated carbocycles. The van der Waals surface area contributed by atoms with Crippen LogP contribution in [-0.4, -0.2) is 54.4 Å². The average Bonchev–Trinajstić information content (AvgIpc) is 3.08. The van der Waals surface area contributed by atoms with E-state index in [1.165, 1.54) is 11.8 Å². The third kappa shape index (κ3) is 2.26. The third-order valence-electron chi connectivity index (χ3n) is 4.05. The molecule has 0 saturated heterocycles. The monoisotopic (exact) mass is 351 g/mol. The molecule has 0 bridgehead atoms. The van der Waals surface area contributed by atoms with E-state index in [1.807, 2.05) is 18.0 Å². The van der Waals surface area contributed by atoms with Crippen LogP contribution in [0.5, 0.6) is 5.75 Å². The number of aliphatic carboxylic acids is 1. The Labute approximate surface area is 142 Å². The molecule has 23 heavy (non-hydrogen) atoms. The van der Waals surface area contributed by atoms with Crippen molar-refractivity contribution in [3.8, 4) is 5.75 Å². The minimum Gasteiger partial charge on any atom is -0.489 e. The Morgan fingerprint density at radius 1 is 1.43 bits per heavy atom. The molecule has 6 nitrogen and oxygen atoms in total. The fourth-order valence-corrected chi connectivity index (χ4v) is 4.24. The Balaban J connectivity index is 1.94. The van der Waals surface area contributed by atoms with Crippen LogP contribution >= 0.6 is 23.4 Å². The number of benzene rings is 1. The van der Waals surface area contributed by atoms with Crippen molar-refractivity contribution in [2.45, 2.75) is 0 Å². The van der Waals surface area contributed by atoms with Gasteiger partial charge in [-0.05, 0) is 23.9 Å². The van der Waals surface area contributed by atoms with E-state index >= 15 is 0 Å². The van der Waals surface area contributed by atoms with Crippen LogP contribution in [0.4, 0.5) is 5.69 Å². The van der Waals surface area contributed by atoms with Gasteiger partial charge in [0.15, 0.2) is 10.9 Å². The van der Waals surface area contributed by atoms with Crippen LogP contribution in [0.2, 0.25) is 5.02 Å². The van der Waals surface area contributed by atoms with Gasteiger partial charge < -0.3 is 19.6 Å². The summed E-state index contributed by atoms with van der Waals surface area (Å²) in [7, 11) is 1.97. The van der Waals surface area contributed by atoms with Crippen molar-refractivity contribution in [2.75, 3.05) is 38.2 Å². The topological polar surface area (TPSA) is 65.4 Å². The lowest BCUT2D eigenvalue weighted by Crippen LogP contribution is -2.30. The second kappa shape index (κ2) is 5.35. The summed E-state index contributed by atoms with van der Waals surface area (Å²) in [5.41, 5.74) is 2.23. The number of ether oxygens (including phenoxy) is 1. The highest BCUT2D eigenvalue weighted by Crippen LogP contribution is 2.48. The predicted octanol–water partition coefficient (Wildman–Crippen LogP) is 2.34. The van der Waals surface area contributed by atoms with E-state index in [-0.39, 0.29) is 4.91 Å². The van der Waals surface area contributed by atoms with Gasteiger partial charge in [-0.3, -0.25) is 4.99 Å². The zero-order valence-electron chi connectivity index (χ0n) is 12.4. The molecule has 0 radical (unpaired) electrons. The van der Waals surface area contributed by atoms with Gasteiger partial charge in [-0.25, -0.2) is 4.79 Å². The van der Waals surface area contributed by atoms with Gasteiger partial charge in [0.2, 0.25) is 0 Å². The van der Waals surface area contributed by atoms with Crippen LogP contribution in [0.25, 0.3) is 5.70 Å². The first-order valence-corrected chi connectivity index (χ1v) is 8.41. The van der Waals surface area contributed by atoms with Crippen molar-refractivity contribution in [1.29, 1.82) is 0 Å². The summed E-state index contributed by atoms with van der Waals surface area (Å²) in [5, 5.41) is 10.9. The number of likely N-dealkylation sites (N-methyl/N-ethyl adjacent to an activating group) is 1. The number of aliphatic imine (C=N–C) groups is 1. The number of rotatable bonds is 2. The summed E-state index contributed by atoms with van der Waals surface area (Å²) in [5.74, 6) is -0.273. The zero-order chi connectivity index (χ0) is 16.1. The summed E-state index contributed by atoms with van der Waals surface area (Å²) in [6, 6.07) is 3.63. The van der Waals surface area contributed by atoms with Gasteiger partial charge in [0.1, 0.15) is 11.5 Å². The smallest absolute Gasteiger partial charge is 0.344 e. The molecule has 0 atom stereocenters. The summed E-state index contributed by atoms with van der Waals surface area (Å²) < 4.78 is 5.87. The fourth-order valence-electron chi connectivity index (χ4n) is 2.99. The van der Waals surface area contributed by atoms with Crippen molar-refractivity contribution in [2.24, 2.45) is 4.99 Å². The number of carboxylic acids is 1. The van der Waals surface area contributed by atoms with E-state index in [0.717, 1.165) is 23.0 Å². The third-order valence-corrected chi connectivity index (χ3v) is 5.37. The van der Waals surface area contributed by atoms with Crippen LogP contribution in [0.1, 0.15) is 5.56 Å². The highest BCUT2D eigenvalue weighted by Gasteiger charge is 2.38. The van der Waals surface area contributed by atoms with Gasteiger partial charge in [0, 0.05) is 24.2 Å². The maximum absolute atomic E-state index is 11.7. The Bertz CT molecular complexity index is 777. The number of nitrogens with zero attached hydrogens (tertiary/aromatic N) is 3. The number of carbonyl (C=O) groups is 1. The number of halogens is 1. The quantitative estimate of drug-likeness (QED) is 0.882. The molecule has 0 aliphatic carbocycles. The highest BCUT2D eigenvalue weighted by atomic mass is 35.5. The van der Waals surface area contributed by atoms with Gasteiger partial charge in [0.05, 0.1) is 24.5 Å². The molecule has 8 heteroatoms. The number of fused-ring (bicyclic) bond motifs is 2. The SMILES string of the molecule is CN1CCOc2c(C3=C(C(=O)O)SC4=NCCN43)cc(Cl)cc21. The normalized spacial score (nSPS) is 19.5. The maximum Gasteiger partial charge on any atom is 0.344 e. The highest BCUT2D eigenvalue weighted by molar-refractivity contribution is 8.18. The van der Waals surface area contributed by atoms with Crippen molar-refractivity contribution in [3.05, 3.63) is 27.6 Å². The summed E-state index contributed by atoms with van der Waals surface area (Å²) in [6.45, 7) is 2.67. The minimum atomic E-state index is -0.958. The van der Waals surface area contributed by atoms with Crippen LogP contribution < -0.4 is 9.64 Å². The number of amidine groups is 1. The molecular formula is C15H14ClN3O3S. The van der Waals surface area contributed by atoms with E-state index in [2.05, 4.69) is 9.89 Å². The fraction of sp³-hybridized carbons (Fsp3) is 0.333. The Morgan fingerprint density at radius 3 is 3.04 bits per heavy atom. The molecule has 120 valence electrons. The standard InChI is InChI=1S/C15H14ClN3O3S/c1-18-4-5-22-12-9(6-8(16)7-10(12)18)11-13(14(20)21)23-15-17-2-3-19(11)15/h6-7H,2-5H2,1H3,(H,20,21). The van der Waals surface area contributed by atoms with E-state index in [4.69, 9.17) is 16.3 Å². The number of carboxylic acid groups (broad SMARTS) is 1. The largest absolute Gasteiger partial charge is 0.489 e. The molecule has 4 rings (SSSR count). The number of hydrogen-bond donors (Lipinski definition) is 1. The molecule has 1 aromatic carbocycles. The zero-order valence-corrected chi connectivity index (χ0v) is 13.9.